The fourth-order valence-electron chi connectivity index (χ4n) is 2.61. The Hall–Kier alpha value is -2.88. The summed E-state index contributed by atoms with van der Waals surface area (Å²) in [6.45, 7) is 0.157. The van der Waals surface area contributed by atoms with E-state index in [9.17, 15) is 13.2 Å². The van der Waals surface area contributed by atoms with Crippen molar-refractivity contribution in [3.05, 3.63) is 71.1 Å². The van der Waals surface area contributed by atoms with Crippen molar-refractivity contribution in [1.29, 1.82) is 0 Å². The van der Waals surface area contributed by atoms with E-state index in [-0.39, 0.29) is 17.3 Å². The van der Waals surface area contributed by atoms with Crippen molar-refractivity contribution in [2.24, 2.45) is 0 Å². The number of nitrogens with one attached hydrogen (secondary N) is 1. The molecule has 7 nitrogen and oxygen atoms in total. The number of carbonyl (C=O) groups is 1. The van der Waals surface area contributed by atoms with Gasteiger partial charge in [-0.3, -0.25) is 10.1 Å². The van der Waals surface area contributed by atoms with Crippen molar-refractivity contribution in [3.8, 4) is 5.75 Å². The van der Waals surface area contributed by atoms with E-state index in [2.05, 4.69) is 10.3 Å². The molecule has 30 heavy (non-hydrogen) atoms. The van der Waals surface area contributed by atoms with Gasteiger partial charge in [0.25, 0.3) is 5.91 Å². The van der Waals surface area contributed by atoms with Crippen LogP contribution in [0.4, 0.5) is 5.13 Å². The molecule has 0 aliphatic carbocycles. The average molecular weight is 463 g/mol. The number of amides is 1. The number of benzene rings is 2. The number of anilines is 1. The molecular formula is C20H15ClN2O5S2. The number of carbonyl (C=O) groups excluding carboxylic acids is 1. The summed E-state index contributed by atoms with van der Waals surface area (Å²) < 4.78 is 35.2. The lowest BCUT2D eigenvalue weighted by atomic mass is 10.3. The number of ether oxygens (including phenoxy) is 1. The van der Waals surface area contributed by atoms with Gasteiger partial charge in [-0.05, 0) is 54.6 Å². The summed E-state index contributed by atoms with van der Waals surface area (Å²) in [6, 6.07) is 14.7. The molecule has 154 valence electrons. The maximum atomic E-state index is 12.5. The molecule has 4 aromatic rings. The molecule has 0 atom stereocenters. The fraction of sp³-hybridized carbons (Fsp3) is 0.100. The number of aromatic nitrogens is 1. The molecule has 0 aliphatic heterocycles. The Morgan fingerprint density at radius 1 is 1.17 bits per heavy atom. The van der Waals surface area contributed by atoms with Crippen molar-refractivity contribution >= 4 is 54.0 Å². The largest absolute Gasteiger partial charge is 0.486 e. The molecular weight excluding hydrogens is 448 g/mol. The first-order valence-corrected chi connectivity index (χ1v) is 11.8. The molecule has 0 radical (unpaired) electrons. The first-order chi connectivity index (χ1) is 14.3. The number of thiazole rings is 1. The lowest BCUT2D eigenvalue weighted by Gasteiger charge is -2.03. The Kier molecular flexibility index (Phi) is 5.50. The monoisotopic (exact) mass is 462 g/mol. The van der Waals surface area contributed by atoms with Crippen LogP contribution in [0.15, 0.2) is 63.9 Å². The first-order valence-electron chi connectivity index (χ1n) is 8.67. The zero-order valence-corrected chi connectivity index (χ0v) is 18.0. The fourth-order valence-corrected chi connectivity index (χ4v) is 4.36. The second-order valence-electron chi connectivity index (χ2n) is 6.38. The smallest absolute Gasteiger partial charge is 0.293 e. The molecule has 0 fully saturated rings. The Morgan fingerprint density at radius 3 is 2.67 bits per heavy atom. The molecule has 0 spiro atoms. The maximum absolute atomic E-state index is 12.5. The van der Waals surface area contributed by atoms with Crippen LogP contribution in [0.25, 0.3) is 10.2 Å². The zero-order chi connectivity index (χ0) is 21.3. The molecule has 10 heteroatoms. The van der Waals surface area contributed by atoms with Gasteiger partial charge in [0.05, 0.1) is 15.1 Å². The van der Waals surface area contributed by atoms with E-state index in [0.717, 1.165) is 6.26 Å². The normalized spacial score (nSPS) is 11.5. The minimum absolute atomic E-state index is 0.112. The minimum atomic E-state index is -3.32. The maximum Gasteiger partial charge on any atom is 0.293 e. The molecule has 0 unspecified atom stereocenters. The van der Waals surface area contributed by atoms with E-state index in [1.54, 1.807) is 42.5 Å². The minimum Gasteiger partial charge on any atom is -0.486 e. The van der Waals surface area contributed by atoms with E-state index in [1.165, 1.54) is 23.5 Å². The van der Waals surface area contributed by atoms with Crippen LogP contribution < -0.4 is 10.1 Å². The molecule has 0 saturated carbocycles. The number of nitrogens with zero attached hydrogens (tertiary/aromatic N) is 1. The van der Waals surface area contributed by atoms with Crippen LogP contribution >= 0.6 is 22.9 Å². The van der Waals surface area contributed by atoms with E-state index in [4.69, 9.17) is 20.8 Å². The van der Waals surface area contributed by atoms with Gasteiger partial charge in [-0.15, -0.1) is 0 Å². The standard InChI is InChI=1S/C20H15ClN2O5S2/c1-30(25,26)15-7-8-16-18(10-15)29-20(22-16)23-19(24)17-9-6-14(28-17)11-27-13-4-2-12(21)3-5-13/h2-10H,11H2,1H3,(H,22,23,24). The van der Waals surface area contributed by atoms with Crippen LogP contribution in [-0.4, -0.2) is 25.6 Å². The van der Waals surface area contributed by atoms with E-state index < -0.39 is 15.7 Å². The van der Waals surface area contributed by atoms with Crippen LogP contribution in [0.5, 0.6) is 5.75 Å². The van der Waals surface area contributed by atoms with Crippen LogP contribution in [0.3, 0.4) is 0 Å². The molecule has 0 bridgehead atoms. The van der Waals surface area contributed by atoms with E-state index >= 15 is 0 Å². The van der Waals surface area contributed by atoms with Crippen molar-refractivity contribution in [2.45, 2.75) is 11.5 Å². The van der Waals surface area contributed by atoms with Crippen LogP contribution in [-0.2, 0) is 16.4 Å². The van der Waals surface area contributed by atoms with Gasteiger partial charge in [0, 0.05) is 11.3 Å². The number of hydrogen-bond donors (Lipinski definition) is 1. The Bertz CT molecular complexity index is 1330. The van der Waals surface area contributed by atoms with E-state index in [1.807, 2.05) is 0 Å². The third-order valence-electron chi connectivity index (χ3n) is 4.09. The van der Waals surface area contributed by atoms with Crippen LogP contribution in [0, 0.1) is 0 Å². The van der Waals surface area contributed by atoms with Crippen molar-refractivity contribution < 1.29 is 22.4 Å². The molecule has 0 aliphatic rings. The Morgan fingerprint density at radius 2 is 1.93 bits per heavy atom. The molecule has 1 amide bonds. The van der Waals surface area contributed by atoms with Gasteiger partial charge < -0.3 is 9.15 Å². The lowest BCUT2D eigenvalue weighted by Crippen LogP contribution is -2.10. The predicted octanol–water partition coefficient (Wildman–Crippen LogP) is 4.78. The number of sulfone groups is 1. The Labute approximate surface area is 181 Å². The first kappa shape index (κ1) is 20.4. The third kappa shape index (κ3) is 4.64. The van der Waals surface area contributed by atoms with Crippen molar-refractivity contribution in [3.63, 3.8) is 0 Å². The van der Waals surface area contributed by atoms with Gasteiger partial charge in [0.2, 0.25) is 0 Å². The molecule has 2 aromatic carbocycles. The van der Waals surface area contributed by atoms with Crippen molar-refractivity contribution in [2.75, 3.05) is 11.6 Å². The highest BCUT2D eigenvalue weighted by Crippen LogP contribution is 2.28. The molecule has 4 rings (SSSR count). The van der Waals surface area contributed by atoms with Crippen LogP contribution in [0.1, 0.15) is 16.3 Å². The van der Waals surface area contributed by atoms with Crippen LogP contribution in [0.2, 0.25) is 5.02 Å². The zero-order valence-electron chi connectivity index (χ0n) is 15.6. The summed E-state index contributed by atoms with van der Waals surface area (Å²) in [7, 11) is -3.32. The number of rotatable bonds is 6. The van der Waals surface area contributed by atoms with E-state index in [0.29, 0.717) is 31.9 Å². The highest BCUT2D eigenvalue weighted by Gasteiger charge is 2.15. The summed E-state index contributed by atoms with van der Waals surface area (Å²) in [6.07, 6.45) is 1.14. The second-order valence-corrected chi connectivity index (χ2v) is 9.87. The van der Waals surface area contributed by atoms with Gasteiger partial charge in [0.1, 0.15) is 18.1 Å². The summed E-state index contributed by atoms with van der Waals surface area (Å²) in [4.78, 5) is 17.0. The summed E-state index contributed by atoms with van der Waals surface area (Å²) >= 11 is 7.02. The highest BCUT2D eigenvalue weighted by molar-refractivity contribution is 7.90. The van der Waals surface area contributed by atoms with Gasteiger partial charge in [-0.1, -0.05) is 22.9 Å². The van der Waals surface area contributed by atoms with Crippen molar-refractivity contribution in [1.82, 2.24) is 4.98 Å². The number of furan rings is 1. The quantitative estimate of drug-likeness (QED) is 0.443. The summed E-state index contributed by atoms with van der Waals surface area (Å²) in [5.41, 5.74) is 0.596. The highest BCUT2D eigenvalue weighted by atomic mass is 35.5. The number of halogens is 1. The molecule has 2 aromatic heterocycles. The Balaban J connectivity index is 1.43. The predicted molar refractivity (Wildman–Crippen MR) is 115 cm³/mol. The third-order valence-corrected chi connectivity index (χ3v) is 6.38. The SMILES string of the molecule is CS(=O)(=O)c1ccc2nc(NC(=O)c3ccc(COc4ccc(Cl)cc4)o3)sc2c1. The van der Waals surface area contributed by atoms with Gasteiger partial charge in [-0.25, -0.2) is 13.4 Å². The van der Waals surface area contributed by atoms with Gasteiger partial charge >= 0.3 is 0 Å². The topological polar surface area (TPSA) is 98.5 Å². The second kappa shape index (κ2) is 8.10. The van der Waals surface area contributed by atoms with Gasteiger partial charge in [-0.2, -0.15) is 0 Å². The average Bonchev–Trinajstić information content (AvgIpc) is 3.32. The molecule has 2 heterocycles. The lowest BCUT2D eigenvalue weighted by molar-refractivity contribution is 0.0992. The summed E-state index contributed by atoms with van der Waals surface area (Å²) in [5, 5.41) is 3.63. The number of hydrogen-bond acceptors (Lipinski definition) is 7. The van der Waals surface area contributed by atoms with Gasteiger partial charge in [0.15, 0.2) is 20.7 Å². The molecule has 1 N–H and O–H groups in total. The number of fused-ring (bicyclic) bond motifs is 1. The molecule has 0 saturated heterocycles. The summed E-state index contributed by atoms with van der Waals surface area (Å²) in [5.74, 6) is 0.762.